The normalized spacial score (nSPS) is 12.8. The van der Waals surface area contributed by atoms with Gasteiger partial charge in [-0.3, -0.25) is 9.59 Å². The molecular formula is C32H49N5O6. The molecule has 0 saturated heterocycles. The van der Waals surface area contributed by atoms with Gasteiger partial charge in [-0.05, 0) is 68.4 Å². The molecule has 0 fully saturated rings. The van der Waals surface area contributed by atoms with E-state index in [-0.39, 0.29) is 50.5 Å². The number of nitrogens with one attached hydrogen (secondary N) is 2. The van der Waals surface area contributed by atoms with Gasteiger partial charge in [-0.25, -0.2) is 9.97 Å². The number of carbonyl (C=O) groups excluding carboxylic acids is 2. The maximum atomic E-state index is 13.0. The van der Waals surface area contributed by atoms with Crippen molar-refractivity contribution in [2.75, 3.05) is 25.1 Å². The van der Waals surface area contributed by atoms with E-state index in [0.717, 1.165) is 10.9 Å². The van der Waals surface area contributed by atoms with E-state index in [1.807, 2.05) is 77.3 Å². The number of aliphatic hydroxyl groups is 1. The minimum absolute atomic E-state index is 0.0501. The Morgan fingerprint density at radius 1 is 1.02 bits per heavy atom. The molecule has 0 atom stereocenters. The summed E-state index contributed by atoms with van der Waals surface area (Å²) in [4.78, 5) is 35.2. The first kappa shape index (κ1) is 34.4. The molecule has 0 bridgehead atoms. The van der Waals surface area contributed by atoms with Crippen LogP contribution in [0.1, 0.15) is 81.0 Å². The number of ether oxygens (including phenoxy) is 3. The number of hydrogen-bond acceptors (Lipinski definition) is 8. The van der Waals surface area contributed by atoms with Crippen LogP contribution in [-0.2, 0) is 37.0 Å². The van der Waals surface area contributed by atoms with Crippen molar-refractivity contribution in [1.29, 1.82) is 0 Å². The summed E-state index contributed by atoms with van der Waals surface area (Å²) in [6.45, 7) is 18.5. The third kappa shape index (κ3) is 10.2. The number of aromatic nitrogens is 3. The summed E-state index contributed by atoms with van der Waals surface area (Å²) in [5, 5.41) is 17.2. The lowest BCUT2D eigenvalue weighted by Gasteiger charge is -2.33. The number of imidazole rings is 1. The van der Waals surface area contributed by atoms with E-state index >= 15 is 0 Å². The third-order valence-corrected chi connectivity index (χ3v) is 6.53. The van der Waals surface area contributed by atoms with Crippen LogP contribution in [0.5, 0.6) is 0 Å². The van der Waals surface area contributed by atoms with Crippen LogP contribution < -0.4 is 10.6 Å². The molecule has 238 valence electrons. The smallest absolute Gasteiger partial charge is 0.227 e. The third-order valence-electron chi connectivity index (χ3n) is 6.53. The largest absolute Gasteiger partial charge is 0.389 e. The lowest BCUT2D eigenvalue weighted by atomic mass is 10.0. The quantitative estimate of drug-likeness (QED) is 0.215. The number of anilines is 1. The number of nitrogens with zero attached hydrogens (tertiary/aromatic N) is 3. The summed E-state index contributed by atoms with van der Waals surface area (Å²) >= 11 is 0. The van der Waals surface area contributed by atoms with E-state index in [1.165, 1.54) is 0 Å². The highest BCUT2D eigenvalue weighted by molar-refractivity contribution is 6.09. The summed E-state index contributed by atoms with van der Waals surface area (Å²) < 4.78 is 19.5. The number of carbonyl (C=O) groups is 2. The van der Waals surface area contributed by atoms with Crippen molar-refractivity contribution in [2.24, 2.45) is 0 Å². The van der Waals surface area contributed by atoms with Crippen molar-refractivity contribution in [3.63, 3.8) is 0 Å². The SMILES string of the molecule is CCOCc1nc2c(NC(=O)CCNC(=O)CC(C)(C)OCC(C)(C)OC(C)C)nc3ccccc3c2n1CC(C)(C)O. The van der Waals surface area contributed by atoms with E-state index < -0.39 is 16.8 Å². The molecule has 3 rings (SSSR count). The standard InChI is InChI=1S/C32H49N5O6/c1-10-41-18-24-35-27-28(37(24)19-30(4,5)40)22-13-11-12-14-23(22)34-29(27)36-25(38)15-16-33-26(39)17-31(6,7)42-20-32(8,9)43-21(2)3/h11-14,21,40H,10,15-20H2,1-9H3,(H,33,39)(H,34,36,38). The van der Waals surface area contributed by atoms with Crippen molar-refractivity contribution in [3.8, 4) is 0 Å². The Hall–Kier alpha value is -3.12. The number of para-hydroxylation sites is 1. The highest BCUT2D eigenvalue weighted by Crippen LogP contribution is 2.31. The molecule has 2 heterocycles. The molecule has 0 aliphatic carbocycles. The molecule has 0 saturated carbocycles. The lowest BCUT2D eigenvalue weighted by molar-refractivity contribution is -0.147. The molecule has 0 unspecified atom stereocenters. The first-order valence-electron chi connectivity index (χ1n) is 15.0. The summed E-state index contributed by atoms with van der Waals surface area (Å²) in [7, 11) is 0. The van der Waals surface area contributed by atoms with Gasteiger partial charge in [0.25, 0.3) is 0 Å². The van der Waals surface area contributed by atoms with Crippen molar-refractivity contribution in [3.05, 3.63) is 30.1 Å². The van der Waals surface area contributed by atoms with Crippen molar-refractivity contribution >= 4 is 39.6 Å². The van der Waals surface area contributed by atoms with Gasteiger partial charge in [0.05, 0.1) is 53.5 Å². The van der Waals surface area contributed by atoms with E-state index in [1.54, 1.807) is 13.8 Å². The van der Waals surface area contributed by atoms with Crippen LogP contribution in [0, 0.1) is 0 Å². The van der Waals surface area contributed by atoms with Crippen LogP contribution >= 0.6 is 0 Å². The van der Waals surface area contributed by atoms with Gasteiger partial charge >= 0.3 is 0 Å². The second-order valence-corrected chi connectivity index (χ2v) is 13.0. The number of fused-ring (bicyclic) bond motifs is 3. The van der Waals surface area contributed by atoms with Crippen molar-refractivity contribution in [1.82, 2.24) is 19.9 Å². The van der Waals surface area contributed by atoms with Gasteiger partial charge < -0.3 is 34.5 Å². The monoisotopic (exact) mass is 599 g/mol. The van der Waals surface area contributed by atoms with Crippen molar-refractivity contribution < 1.29 is 28.9 Å². The second-order valence-electron chi connectivity index (χ2n) is 13.0. The van der Waals surface area contributed by atoms with Gasteiger partial charge in [-0.1, -0.05) is 18.2 Å². The van der Waals surface area contributed by atoms with E-state index in [2.05, 4.69) is 10.6 Å². The molecule has 0 radical (unpaired) electrons. The average Bonchev–Trinajstić information content (AvgIpc) is 3.22. The molecule has 43 heavy (non-hydrogen) atoms. The molecule has 0 spiro atoms. The van der Waals surface area contributed by atoms with E-state index in [4.69, 9.17) is 24.2 Å². The van der Waals surface area contributed by atoms with Gasteiger partial charge in [0.2, 0.25) is 11.8 Å². The maximum absolute atomic E-state index is 13.0. The van der Waals surface area contributed by atoms with Gasteiger partial charge in [-0.2, -0.15) is 0 Å². The van der Waals surface area contributed by atoms with E-state index in [0.29, 0.717) is 35.9 Å². The Morgan fingerprint density at radius 2 is 1.72 bits per heavy atom. The molecule has 0 aliphatic heterocycles. The predicted octanol–water partition coefficient (Wildman–Crippen LogP) is 4.73. The second kappa shape index (κ2) is 14.1. The Bertz CT molecular complexity index is 1410. The molecule has 2 aromatic heterocycles. The predicted molar refractivity (Wildman–Crippen MR) is 168 cm³/mol. The number of amides is 2. The Morgan fingerprint density at radius 3 is 2.37 bits per heavy atom. The summed E-state index contributed by atoms with van der Waals surface area (Å²) in [6.07, 6.45) is 0.257. The fourth-order valence-electron chi connectivity index (χ4n) is 4.88. The fraction of sp³-hybridized carbons (Fsp3) is 0.625. The zero-order valence-electron chi connectivity index (χ0n) is 27.2. The van der Waals surface area contributed by atoms with Crippen LogP contribution in [0.15, 0.2) is 24.3 Å². The first-order valence-corrected chi connectivity index (χ1v) is 15.0. The zero-order valence-corrected chi connectivity index (χ0v) is 27.2. The Balaban J connectivity index is 1.71. The van der Waals surface area contributed by atoms with Crippen LogP contribution in [0.3, 0.4) is 0 Å². The highest BCUT2D eigenvalue weighted by atomic mass is 16.6. The molecule has 2 amide bonds. The average molecular weight is 600 g/mol. The van der Waals surface area contributed by atoms with Gasteiger partial charge in [0.1, 0.15) is 17.9 Å². The summed E-state index contributed by atoms with van der Waals surface area (Å²) in [5.74, 6) is 0.426. The van der Waals surface area contributed by atoms with Crippen molar-refractivity contribution in [2.45, 2.75) is 111 Å². The maximum Gasteiger partial charge on any atom is 0.227 e. The van der Waals surface area contributed by atoms with Gasteiger partial charge in [0, 0.05) is 25.0 Å². The number of hydrogen-bond donors (Lipinski definition) is 3. The number of pyridine rings is 1. The fourth-order valence-corrected chi connectivity index (χ4v) is 4.88. The lowest BCUT2D eigenvalue weighted by Crippen LogP contribution is -2.41. The van der Waals surface area contributed by atoms with Gasteiger partial charge in [-0.15, -0.1) is 0 Å². The number of benzene rings is 1. The minimum Gasteiger partial charge on any atom is -0.389 e. The number of rotatable bonds is 16. The minimum atomic E-state index is -1.02. The Kier molecular flexibility index (Phi) is 11.3. The topological polar surface area (TPSA) is 137 Å². The summed E-state index contributed by atoms with van der Waals surface area (Å²) in [6, 6.07) is 7.61. The molecule has 11 nitrogen and oxygen atoms in total. The van der Waals surface area contributed by atoms with Crippen LogP contribution in [0.2, 0.25) is 0 Å². The molecule has 0 aliphatic rings. The highest BCUT2D eigenvalue weighted by Gasteiger charge is 2.29. The first-order chi connectivity index (χ1) is 20.0. The summed E-state index contributed by atoms with van der Waals surface area (Å²) in [5.41, 5.74) is -0.239. The Labute approximate surface area is 254 Å². The zero-order chi connectivity index (χ0) is 32.0. The molecule has 11 heteroatoms. The molecule has 3 N–H and O–H groups in total. The molecule has 1 aromatic carbocycles. The molecule has 3 aromatic rings. The van der Waals surface area contributed by atoms with Gasteiger partial charge in [0.15, 0.2) is 5.82 Å². The van der Waals surface area contributed by atoms with Crippen LogP contribution in [-0.4, -0.2) is 74.1 Å². The molecular weight excluding hydrogens is 550 g/mol. The van der Waals surface area contributed by atoms with E-state index in [9.17, 15) is 14.7 Å². The van der Waals surface area contributed by atoms with Crippen LogP contribution in [0.25, 0.3) is 21.9 Å². The van der Waals surface area contributed by atoms with Crippen LogP contribution in [0.4, 0.5) is 5.82 Å².